The Bertz CT molecular complexity index is 1370. The molecule has 8 nitrogen and oxygen atoms in total. The monoisotopic (exact) mass is 444 g/mol. The molecule has 0 unspecified atom stereocenters. The lowest BCUT2D eigenvalue weighted by molar-refractivity contribution is 0.376. The summed E-state index contributed by atoms with van der Waals surface area (Å²) in [6, 6.07) is 12.3. The van der Waals surface area contributed by atoms with Gasteiger partial charge in [-0.05, 0) is 37.6 Å². The van der Waals surface area contributed by atoms with Crippen molar-refractivity contribution in [3.8, 4) is 11.4 Å². The second-order valence-electron chi connectivity index (χ2n) is 6.85. The lowest BCUT2D eigenvalue weighted by atomic mass is 10.1. The molecule has 30 heavy (non-hydrogen) atoms. The van der Waals surface area contributed by atoms with E-state index in [-0.39, 0.29) is 22.2 Å². The summed E-state index contributed by atoms with van der Waals surface area (Å²) in [5.41, 5.74) is 2.60. The number of benzene rings is 2. The fraction of sp³-hybridized carbons (Fsp3) is 0.250. The molecule has 0 fully saturated rings. The van der Waals surface area contributed by atoms with Crippen LogP contribution in [0.2, 0.25) is 0 Å². The van der Waals surface area contributed by atoms with Crippen LogP contribution in [0.15, 0.2) is 56.7 Å². The summed E-state index contributed by atoms with van der Waals surface area (Å²) >= 11 is 1.04. The smallest absolute Gasteiger partial charge is 0.308 e. The highest BCUT2D eigenvalue weighted by molar-refractivity contribution is 7.89. The number of aromatic nitrogens is 3. The standard InChI is InChI=1S/C20H20N4O4S2/c1-3-9-24-16-8-7-15(11-17(16)29-20(24)25)30(26,27)21-12-18-22-19(23-28-18)14-6-4-5-13(2)10-14/h4-8,10-11,21H,3,9,12H2,1-2H3. The zero-order valence-electron chi connectivity index (χ0n) is 16.5. The normalized spacial score (nSPS) is 11.9. The van der Waals surface area contributed by atoms with Crippen LogP contribution in [0.5, 0.6) is 0 Å². The minimum atomic E-state index is -3.81. The predicted octanol–water partition coefficient (Wildman–Crippen LogP) is 3.31. The van der Waals surface area contributed by atoms with Gasteiger partial charge in [0.05, 0.1) is 21.7 Å². The molecular formula is C20H20N4O4S2. The third-order valence-corrected chi connectivity index (χ3v) is 6.90. The van der Waals surface area contributed by atoms with Gasteiger partial charge < -0.3 is 4.52 Å². The first-order valence-corrected chi connectivity index (χ1v) is 11.7. The van der Waals surface area contributed by atoms with Gasteiger partial charge in [-0.3, -0.25) is 9.36 Å². The van der Waals surface area contributed by atoms with Crippen LogP contribution in [0, 0.1) is 6.92 Å². The number of thiazole rings is 1. The number of hydrogen-bond donors (Lipinski definition) is 1. The molecule has 2 aromatic heterocycles. The largest absolute Gasteiger partial charge is 0.338 e. The highest BCUT2D eigenvalue weighted by atomic mass is 32.2. The lowest BCUT2D eigenvalue weighted by Crippen LogP contribution is -2.23. The van der Waals surface area contributed by atoms with Crippen molar-refractivity contribution >= 4 is 31.6 Å². The molecular weight excluding hydrogens is 424 g/mol. The first-order chi connectivity index (χ1) is 14.4. The molecule has 4 rings (SSSR count). The fourth-order valence-electron chi connectivity index (χ4n) is 3.12. The van der Waals surface area contributed by atoms with Gasteiger partial charge in [0.15, 0.2) is 0 Å². The average Bonchev–Trinajstić information content (AvgIpc) is 3.31. The molecule has 4 aromatic rings. The van der Waals surface area contributed by atoms with Gasteiger partial charge in [-0.1, -0.05) is 47.2 Å². The third kappa shape index (κ3) is 4.07. The van der Waals surface area contributed by atoms with Crippen LogP contribution in [0.1, 0.15) is 24.8 Å². The van der Waals surface area contributed by atoms with E-state index < -0.39 is 10.0 Å². The molecule has 0 aliphatic rings. The second kappa shape index (κ2) is 8.13. The quantitative estimate of drug-likeness (QED) is 0.469. The van der Waals surface area contributed by atoms with Crippen LogP contribution in [-0.4, -0.2) is 23.1 Å². The van der Waals surface area contributed by atoms with E-state index in [0.29, 0.717) is 17.1 Å². The Hall–Kier alpha value is -2.82. The molecule has 0 saturated heterocycles. The maximum atomic E-state index is 12.7. The first kappa shape index (κ1) is 20.5. The Kier molecular flexibility index (Phi) is 5.54. The molecule has 1 N–H and O–H groups in total. The van der Waals surface area contributed by atoms with Crippen molar-refractivity contribution in [3.05, 3.63) is 63.6 Å². The molecule has 2 heterocycles. The van der Waals surface area contributed by atoms with E-state index in [9.17, 15) is 13.2 Å². The summed E-state index contributed by atoms with van der Waals surface area (Å²) in [6.45, 7) is 4.42. The van der Waals surface area contributed by atoms with Gasteiger partial charge in [0.2, 0.25) is 21.7 Å². The van der Waals surface area contributed by atoms with Crippen molar-refractivity contribution in [2.24, 2.45) is 0 Å². The summed E-state index contributed by atoms with van der Waals surface area (Å²) < 4.78 is 35.4. The average molecular weight is 445 g/mol. The number of nitrogens with one attached hydrogen (secondary N) is 1. The summed E-state index contributed by atoms with van der Waals surface area (Å²) in [7, 11) is -3.81. The Labute approximate surface area is 177 Å². The van der Waals surface area contributed by atoms with Gasteiger partial charge in [-0.15, -0.1) is 0 Å². The van der Waals surface area contributed by atoms with E-state index in [1.165, 1.54) is 12.1 Å². The van der Waals surface area contributed by atoms with Crippen molar-refractivity contribution in [2.45, 2.75) is 38.3 Å². The zero-order chi connectivity index (χ0) is 21.3. The van der Waals surface area contributed by atoms with Crippen LogP contribution in [0.4, 0.5) is 0 Å². The molecule has 0 aliphatic heterocycles. The Morgan fingerprint density at radius 2 is 2.03 bits per heavy atom. The molecule has 0 bridgehead atoms. The van der Waals surface area contributed by atoms with Crippen molar-refractivity contribution in [3.63, 3.8) is 0 Å². The van der Waals surface area contributed by atoms with Gasteiger partial charge >= 0.3 is 4.87 Å². The van der Waals surface area contributed by atoms with E-state index in [1.807, 2.05) is 38.1 Å². The zero-order valence-corrected chi connectivity index (χ0v) is 18.1. The van der Waals surface area contributed by atoms with Crippen molar-refractivity contribution < 1.29 is 12.9 Å². The fourth-order valence-corrected chi connectivity index (χ4v) is 5.15. The van der Waals surface area contributed by atoms with Crippen LogP contribution in [-0.2, 0) is 23.1 Å². The maximum absolute atomic E-state index is 12.7. The summed E-state index contributed by atoms with van der Waals surface area (Å²) in [4.78, 5) is 16.4. The van der Waals surface area contributed by atoms with Gasteiger partial charge in [-0.2, -0.15) is 4.98 Å². The first-order valence-electron chi connectivity index (χ1n) is 9.40. The Morgan fingerprint density at radius 1 is 1.20 bits per heavy atom. The molecule has 0 amide bonds. The number of hydrogen-bond acceptors (Lipinski definition) is 7. The van der Waals surface area contributed by atoms with Gasteiger partial charge in [0.1, 0.15) is 0 Å². The van der Waals surface area contributed by atoms with Crippen LogP contribution >= 0.6 is 11.3 Å². The Morgan fingerprint density at radius 3 is 2.80 bits per heavy atom. The van der Waals surface area contributed by atoms with E-state index in [2.05, 4.69) is 14.9 Å². The Balaban J connectivity index is 1.53. The number of sulfonamides is 1. The number of rotatable bonds is 7. The second-order valence-corrected chi connectivity index (χ2v) is 9.62. The van der Waals surface area contributed by atoms with Crippen LogP contribution in [0.25, 0.3) is 21.6 Å². The SMILES string of the molecule is CCCn1c(=O)sc2cc(S(=O)(=O)NCc3nc(-c4cccc(C)c4)no3)ccc21. The minimum Gasteiger partial charge on any atom is -0.338 e. The summed E-state index contributed by atoms with van der Waals surface area (Å²) in [5, 5.41) is 3.92. The van der Waals surface area contributed by atoms with Gasteiger partial charge in [0.25, 0.3) is 0 Å². The maximum Gasteiger partial charge on any atom is 0.308 e. The molecule has 0 radical (unpaired) electrons. The molecule has 2 aromatic carbocycles. The van der Waals surface area contributed by atoms with Crippen molar-refractivity contribution in [1.29, 1.82) is 0 Å². The van der Waals surface area contributed by atoms with Crippen LogP contribution < -0.4 is 9.60 Å². The molecule has 0 atom stereocenters. The number of fused-ring (bicyclic) bond motifs is 1. The third-order valence-electron chi connectivity index (χ3n) is 4.56. The highest BCUT2D eigenvalue weighted by Gasteiger charge is 2.18. The highest BCUT2D eigenvalue weighted by Crippen LogP contribution is 2.22. The van der Waals surface area contributed by atoms with Crippen molar-refractivity contribution in [2.75, 3.05) is 0 Å². The number of nitrogens with zero attached hydrogens (tertiary/aromatic N) is 3. The van der Waals surface area contributed by atoms with Gasteiger partial charge in [0, 0.05) is 12.1 Å². The lowest BCUT2D eigenvalue weighted by Gasteiger charge is -2.06. The van der Waals surface area contributed by atoms with Gasteiger partial charge in [-0.25, -0.2) is 13.1 Å². The topological polar surface area (TPSA) is 107 Å². The van der Waals surface area contributed by atoms with Crippen LogP contribution in [0.3, 0.4) is 0 Å². The van der Waals surface area contributed by atoms with E-state index in [0.717, 1.165) is 34.4 Å². The molecule has 10 heteroatoms. The minimum absolute atomic E-state index is 0.0818. The van der Waals surface area contributed by atoms with E-state index in [4.69, 9.17) is 4.52 Å². The summed E-state index contributed by atoms with van der Waals surface area (Å²) in [5.74, 6) is 0.561. The van der Waals surface area contributed by atoms with E-state index in [1.54, 1.807) is 10.6 Å². The summed E-state index contributed by atoms with van der Waals surface area (Å²) in [6.07, 6.45) is 0.821. The molecule has 0 saturated carbocycles. The van der Waals surface area contributed by atoms with Crippen molar-refractivity contribution in [1.82, 2.24) is 19.4 Å². The molecule has 0 spiro atoms. The molecule has 156 valence electrons. The molecule has 0 aliphatic carbocycles. The number of aryl methyl sites for hydroxylation is 2. The van der Waals surface area contributed by atoms with E-state index >= 15 is 0 Å². The predicted molar refractivity (Wildman–Crippen MR) is 115 cm³/mol.